The van der Waals surface area contributed by atoms with E-state index in [1.165, 1.54) is 24.3 Å². The molecular weight excluding hydrogens is 410 g/mol. The topological polar surface area (TPSA) is 92.3 Å². The minimum Gasteiger partial charge on any atom is -0.211 e. The second-order valence-electron chi connectivity index (χ2n) is 6.45. The highest BCUT2D eigenvalue weighted by atomic mass is 32.2. The van der Waals surface area contributed by atoms with Gasteiger partial charge < -0.3 is 0 Å². The third kappa shape index (κ3) is 6.33. The quantitative estimate of drug-likeness (QED) is 0.637. The third-order valence-electron chi connectivity index (χ3n) is 3.97. The molecule has 0 aromatic heterocycles. The molecule has 0 saturated heterocycles. The largest absolute Gasteiger partial charge is 0.262 e. The molecule has 10 heteroatoms. The van der Waals surface area contributed by atoms with Crippen LogP contribution in [0.25, 0.3) is 0 Å². The van der Waals surface area contributed by atoms with Gasteiger partial charge in [0.15, 0.2) is 0 Å². The lowest BCUT2D eigenvalue weighted by Crippen LogP contribution is -2.39. The molecule has 0 radical (unpaired) electrons. The molecule has 0 unspecified atom stereocenters. The van der Waals surface area contributed by atoms with Crippen molar-refractivity contribution in [3.8, 4) is 0 Å². The van der Waals surface area contributed by atoms with Crippen molar-refractivity contribution >= 4 is 20.0 Å². The van der Waals surface area contributed by atoms with E-state index in [2.05, 4.69) is 4.72 Å². The Labute approximate surface area is 164 Å². The lowest BCUT2D eigenvalue weighted by atomic mass is 10.2. The molecule has 0 aliphatic heterocycles. The Morgan fingerprint density at radius 3 is 1.57 bits per heavy atom. The number of rotatable bonds is 9. The lowest BCUT2D eigenvalue weighted by molar-refractivity contribution is 0.000266. The Balaban J connectivity index is 1.91. The highest BCUT2D eigenvalue weighted by Crippen LogP contribution is 2.19. The van der Waals surface area contributed by atoms with Crippen LogP contribution in [0.15, 0.2) is 58.3 Å². The van der Waals surface area contributed by atoms with E-state index in [9.17, 15) is 25.6 Å². The van der Waals surface area contributed by atoms with Crippen molar-refractivity contribution in [3.05, 3.63) is 59.7 Å². The highest BCUT2D eigenvalue weighted by Gasteiger charge is 2.31. The summed E-state index contributed by atoms with van der Waals surface area (Å²) in [6.07, 6.45) is -0.853. The summed E-state index contributed by atoms with van der Waals surface area (Å²) in [4.78, 5) is -0.143. The van der Waals surface area contributed by atoms with Gasteiger partial charge >= 0.3 is 0 Å². The van der Waals surface area contributed by atoms with E-state index in [0.717, 1.165) is 11.1 Å². The van der Waals surface area contributed by atoms with Gasteiger partial charge in [-0.25, -0.2) is 35.1 Å². The van der Waals surface area contributed by atoms with Gasteiger partial charge in [-0.3, -0.25) is 0 Å². The molecular formula is C18H22F2N2O4S2. The minimum atomic E-state index is -4.08. The van der Waals surface area contributed by atoms with Crippen LogP contribution < -0.4 is 9.44 Å². The van der Waals surface area contributed by atoms with Crippen LogP contribution in [0.1, 0.15) is 17.5 Å². The van der Waals surface area contributed by atoms with Crippen molar-refractivity contribution in [3.63, 3.8) is 0 Å². The van der Waals surface area contributed by atoms with Crippen LogP contribution in [-0.2, 0) is 20.0 Å². The summed E-state index contributed by atoms with van der Waals surface area (Å²) >= 11 is 0. The summed E-state index contributed by atoms with van der Waals surface area (Å²) in [7, 11) is -7.99. The summed E-state index contributed by atoms with van der Waals surface area (Å²) in [5.41, 5.74) is 1.71. The molecule has 2 N–H and O–H groups in total. The Kier molecular flexibility index (Phi) is 6.92. The number of halogens is 2. The number of nitrogens with one attached hydrogen (secondary N) is 2. The maximum atomic E-state index is 14.0. The van der Waals surface area contributed by atoms with Crippen LogP contribution in [0.5, 0.6) is 0 Å². The molecule has 2 aromatic rings. The molecule has 0 aliphatic rings. The van der Waals surface area contributed by atoms with Gasteiger partial charge in [-0.15, -0.1) is 0 Å². The fraction of sp³-hybridized carbons (Fsp3) is 0.333. The van der Waals surface area contributed by atoms with E-state index < -0.39 is 45.5 Å². The zero-order chi connectivity index (χ0) is 21.0. The van der Waals surface area contributed by atoms with Crippen molar-refractivity contribution < 1.29 is 25.6 Å². The summed E-state index contributed by atoms with van der Waals surface area (Å²) in [5, 5.41) is 0. The van der Waals surface area contributed by atoms with E-state index in [1.54, 1.807) is 38.1 Å². The molecule has 0 saturated carbocycles. The van der Waals surface area contributed by atoms with Gasteiger partial charge in [-0.05, 0) is 38.1 Å². The monoisotopic (exact) mass is 432 g/mol. The molecule has 154 valence electrons. The van der Waals surface area contributed by atoms with Crippen molar-refractivity contribution in [2.45, 2.75) is 36.0 Å². The number of hydrogen-bond acceptors (Lipinski definition) is 4. The second kappa shape index (κ2) is 8.64. The Bertz CT molecular complexity index is 1000. The van der Waals surface area contributed by atoms with E-state index in [-0.39, 0.29) is 9.79 Å². The number of hydrogen-bond donors (Lipinski definition) is 2. The molecule has 0 bridgehead atoms. The van der Waals surface area contributed by atoms with Crippen molar-refractivity contribution in [2.24, 2.45) is 0 Å². The van der Waals surface area contributed by atoms with Gasteiger partial charge in [-0.1, -0.05) is 35.4 Å². The first kappa shape index (κ1) is 22.4. The number of alkyl halides is 2. The van der Waals surface area contributed by atoms with Gasteiger partial charge in [0.1, 0.15) is 0 Å². The van der Waals surface area contributed by atoms with E-state index in [4.69, 9.17) is 0 Å². The van der Waals surface area contributed by atoms with Crippen molar-refractivity contribution in [1.29, 1.82) is 0 Å². The Hall–Kier alpha value is -1.88. The molecule has 2 rings (SSSR count). The van der Waals surface area contributed by atoms with E-state index in [1.807, 2.05) is 4.72 Å². The number of benzene rings is 2. The fourth-order valence-corrected chi connectivity index (χ4v) is 4.35. The van der Waals surface area contributed by atoms with Crippen LogP contribution in [-0.4, -0.2) is 35.8 Å². The van der Waals surface area contributed by atoms with Gasteiger partial charge in [-0.2, -0.15) is 0 Å². The van der Waals surface area contributed by atoms with Crippen LogP contribution in [0.4, 0.5) is 8.78 Å². The van der Waals surface area contributed by atoms with Gasteiger partial charge in [0, 0.05) is 13.0 Å². The van der Waals surface area contributed by atoms with Crippen LogP contribution in [0, 0.1) is 13.8 Å². The fourth-order valence-electron chi connectivity index (χ4n) is 2.26. The molecule has 0 aliphatic carbocycles. The molecule has 28 heavy (non-hydrogen) atoms. The van der Waals surface area contributed by atoms with Crippen molar-refractivity contribution in [1.82, 2.24) is 9.44 Å². The normalized spacial score (nSPS) is 12.9. The molecule has 0 heterocycles. The predicted molar refractivity (Wildman–Crippen MR) is 102 cm³/mol. The maximum Gasteiger partial charge on any atom is 0.262 e. The highest BCUT2D eigenvalue weighted by molar-refractivity contribution is 7.89. The lowest BCUT2D eigenvalue weighted by Gasteiger charge is -2.17. The third-order valence-corrected chi connectivity index (χ3v) is 6.86. The predicted octanol–water partition coefficient (Wildman–Crippen LogP) is 2.59. The summed E-state index contributed by atoms with van der Waals surface area (Å²) < 4.78 is 80.3. The molecule has 0 atom stereocenters. The molecule has 6 nitrogen and oxygen atoms in total. The minimum absolute atomic E-state index is 0.0264. The van der Waals surface area contributed by atoms with Crippen molar-refractivity contribution in [2.75, 3.05) is 13.1 Å². The first-order valence-electron chi connectivity index (χ1n) is 8.42. The summed E-state index contributed by atoms with van der Waals surface area (Å²) in [6, 6.07) is 11.7. The molecule has 0 fully saturated rings. The SMILES string of the molecule is Cc1ccc(S(=O)(=O)NCCC(F)(F)CNS(=O)(=O)c2ccc(C)cc2)cc1. The van der Waals surface area contributed by atoms with Gasteiger partial charge in [0.25, 0.3) is 5.92 Å². The van der Waals surface area contributed by atoms with E-state index >= 15 is 0 Å². The zero-order valence-corrected chi connectivity index (χ0v) is 17.1. The summed E-state index contributed by atoms with van der Waals surface area (Å²) in [6.45, 7) is 1.91. The Morgan fingerprint density at radius 1 is 0.750 bits per heavy atom. The molecule has 0 spiro atoms. The number of sulfonamides is 2. The van der Waals surface area contributed by atoms with E-state index in [0.29, 0.717) is 0 Å². The average Bonchev–Trinajstić information content (AvgIpc) is 2.61. The molecule has 0 amide bonds. The van der Waals surface area contributed by atoms with Crippen LogP contribution in [0.2, 0.25) is 0 Å². The van der Waals surface area contributed by atoms with Gasteiger partial charge in [0.2, 0.25) is 20.0 Å². The van der Waals surface area contributed by atoms with Gasteiger partial charge in [0.05, 0.1) is 16.3 Å². The summed E-state index contributed by atoms with van der Waals surface area (Å²) in [5.74, 6) is -3.42. The first-order chi connectivity index (χ1) is 12.9. The zero-order valence-electron chi connectivity index (χ0n) is 15.4. The smallest absolute Gasteiger partial charge is 0.211 e. The van der Waals surface area contributed by atoms with Crippen LogP contribution >= 0.6 is 0 Å². The second-order valence-corrected chi connectivity index (χ2v) is 9.99. The number of aryl methyl sites for hydroxylation is 2. The average molecular weight is 433 g/mol. The standard InChI is InChI=1S/C18H22F2N2O4S2/c1-14-3-7-16(8-4-14)27(23,24)21-12-11-18(19,20)13-22-28(25,26)17-9-5-15(2)6-10-17/h3-10,21-22H,11-13H2,1-2H3. The maximum absolute atomic E-state index is 14.0. The van der Waals surface area contributed by atoms with Crippen LogP contribution in [0.3, 0.4) is 0 Å². The first-order valence-corrected chi connectivity index (χ1v) is 11.4. The Morgan fingerprint density at radius 2 is 1.14 bits per heavy atom. The molecule has 2 aromatic carbocycles.